The highest BCUT2D eigenvalue weighted by Crippen LogP contribution is 2.45. The van der Waals surface area contributed by atoms with E-state index in [0.717, 1.165) is 31.4 Å². The van der Waals surface area contributed by atoms with Crippen LogP contribution in [0.1, 0.15) is 48.3 Å². The number of nitrogens with one attached hydrogen (secondary N) is 1. The van der Waals surface area contributed by atoms with Crippen LogP contribution in [0.4, 0.5) is 0 Å². The number of nitrogens with zero attached hydrogens (tertiary/aromatic N) is 3. The van der Waals surface area contributed by atoms with Crippen molar-refractivity contribution in [1.82, 2.24) is 19.8 Å². The Kier molecular flexibility index (Phi) is 4.00. The zero-order valence-electron chi connectivity index (χ0n) is 14.9. The topological polar surface area (TPSA) is 107 Å². The van der Waals surface area contributed by atoms with Gasteiger partial charge in [-0.3, -0.25) is 9.59 Å². The van der Waals surface area contributed by atoms with Crippen LogP contribution in [0.3, 0.4) is 0 Å². The van der Waals surface area contributed by atoms with Gasteiger partial charge >= 0.3 is 5.97 Å². The number of piperidine rings is 1. The summed E-state index contributed by atoms with van der Waals surface area (Å²) in [6.07, 6.45) is 5.20. The average Bonchev–Trinajstić information content (AvgIpc) is 3.28. The van der Waals surface area contributed by atoms with Crippen LogP contribution in [0.15, 0.2) is 6.33 Å². The van der Waals surface area contributed by atoms with Gasteiger partial charge in [-0.2, -0.15) is 0 Å². The van der Waals surface area contributed by atoms with Gasteiger partial charge in [0.15, 0.2) is 0 Å². The van der Waals surface area contributed by atoms with Gasteiger partial charge in [0.05, 0.1) is 6.33 Å². The molecule has 140 valence electrons. The van der Waals surface area contributed by atoms with Gasteiger partial charge in [-0.25, -0.2) is 9.78 Å². The first-order valence-corrected chi connectivity index (χ1v) is 9.23. The predicted molar refractivity (Wildman–Crippen MR) is 91.4 cm³/mol. The Morgan fingerprint density at radius 1 is 1.27 bits per heavy atom. The number of carbonyl (C=O) groups is 3. The first-order valence-electron chi connectivity index (χ1n) is 9.23. The smallest absolute Gasteiger partial charge is 0.326 e. The molecule has 1 saturated carbocycles. The van der Waals surface area contributed by atoms with Crippen LogP contribution in [-0.2, 0) is 9.59 Å². The van der Waals surface area contributed by atoms with Gasteiger partial charge in [-0.05, 0) is 44.4 Å². The Labute approximate surface area is 151 Å². The minimum Gasteiger partial charge on any atom is -0.480 e. The number of carboxylic acid groups (broad SMARTS) is 1. The van der Waals surface area contributed by atoms with E-state index in [0.29, 0.717) is 31.7 Å². The van der Waals surface area contributed by atoms with E-state index in [4.69, 9.17) is 0 Å². The van der Waals surface area contributed by atoms with E-state index in [1.165, 1.54) is 6.33 Å². The highest BCUT2D eigenvalue weighted by Gasteiger charge is 2.52. The van der Waals surface area contributed by atoms with E-state index in [1.807, 2.05) is 6.92 Å². The summed E-state index contributed by atoms with van der Waals surface area (Å²) < 4.78 is 0. The SMILES string of the molecule is Cc1[nH]cnc1C(=O)N1CCC2(CC1)C[C@@H](C(=O)O)N(C(=O)C1CC1)C2. The molecule has 0 unspecified atom stereocenters. The molecule has 2 N–H and O–H groups in total. The molecular weight excluding hydrogens is 336 g/mol. The van der Waals surface area contributed by atoms with E-state index in [2.05, 4.69) is 9.97 Å². The predicted octanol–water partition coefficient (Wildman–Crippen LogP) is 1.04. The number of aryl methyl sites for hydroxylation is 1. The molecule has 2 amide bonds. The quantitative estimate of drug-likeness (QED) is 0.837. The summed E-state index contributed by atoms with van der Waals surface area (Å²) in [5.41, 5.74) is 1.01. The van der Waals surface area contributed by atoms with Crippen molar-refractivity contribution in [3.63, 3.8) is 0 Å². The maximum absolute atomic E-state index is 12.6. The molecule has 0 aromatic carbocycles. The molecule has 0 bridgehead atoms. The second kappa shape index (κ2) is 6.10. The number of hydrogen-bond acceptors (Lipinski definition) is 4. The fourth-order valence-corrected chi connectivity index (χ4v) is 4.34. The number of hydrogen-bond donors (Lipinski definition) is 2. The lowest BCUT2D eigenvalue weighted by molar-refractivity contribution is -0.148. The van der Waals surface area contributed by atoms with Crippen molar-refractivity contribution in [2.24, 2.45) is 11.3 Å². The number of amides is 2. The molecule has 3 fully saturated rings. The molecular formula is C18H24N4O4. The van der Waals surface area contributed by atoms with Crippen molar-refractivity contribution < 1.29 is 19.5 Å². The van der Waals surface area contributed by atoms with Crippen LogP contribution < -0.4 is 0 Å². The van der Waals surface area contributed by atoms with Crippen LogP contribution in [-0.4, -0.2) is 68.3 Å². The van der Waals surface area contributed by atoms with Crippen molar-refractivity contribution in [2.75, 3.05) is 19.6 Å². The highest BCUT2D eigenvalue weighted by molar-refractivity contribution is 5.93. The summed E-state index contributed by atoms with van der Waals surface area (Å²) in [5.74, 6) is -0.977. The Balaban J connectivity index is 1.44. The lowest BCUT2D eigenvalue weighted by atomic mass is 9.76. The zero-order chi connectivity index (χ0) is 18.5. The van der Waals surface area contributed by atoms with Gasteiger partial charge < -0.3 is 19.9 Å². The Morgan fingerprint density at radius 2 is 1.96 bits per heavy atom. The molecule has 4 rings (SSSR count). The van der Waals surface area contributed by atoms with Crippen molar-refractivity contribution >= 4 is 17.8 Å². The maximum atomic E-state index is 12.6. The van der Waals surface area contributed by atoms with Gasteiger partial charge in [0, 0.05) is 31.2 Å². The van der Waals surface area contributed by atoms with E-state index in [-0.39, 0.29) is 23.1 Å². The number of carbonyl (C=O) groups excluding carboxylic acids is 2. The molecule has 1 aromatic rings. The van der Waals surface area contributed by atoms with Crippen molar-refractivity contribution in [3.8, 4) is 0 Å². The molecule has 2 aliphatic heterocycles. The summed E-state index contributed by atoms with van der Waals surface area (Å²) in [4.78, 5) is 47.2. The number of carboxylic acids is 1. The number of aromatic amines is 1. The Bertz CT molecular complexity index is 746. The van der Waals surface area contributed by atoms with Crippen LogP contribution in [0.5, 0.6) is 0 Å². The van der Waals surface area contributed by atoms with Crippen LogP contribution in [0, 0.1) is 18.3 Å². The molecule has 3 heterocycles. The normalized spacial score (nSPS) is 24.9. The first-order chi connectivity index (χ1) is 12.4. The molecule has 1 aliphatic carbocycles. The van der Waals surface area contributed by atoms with E-state index >= 15 is 0 Å². The van der Waals surface area contributed by atoms with Crippen molar-refractivity contribution in [2.45, 2.75) is 45.1 Å². The molecule has 8 heteroatoms. The van der Waals surface area contributed by atoms with E-state index in [1.54, 1.807) is 9.80 Å². The number of aromatic nitrogens is 2. The number of rotatable bonds is 3. The Morgan fingerprint density at radius 3 is 2.50 bits per heavy atom. The van der Waals surface area contributed by atoms with Crippen molar-refractivity contribution in [1.29, 1.82) is 0 Å². The summed E-state index contributed by atoms with van der Waals surface area (Å²) in [6, 6.07) is -0.723. The van der Waals surface area contributed by atoms with Gasteiger partial charge in [0.2, 0.25) is 5.91 Å². The summed E-state index contributed by atoms with van der Waals surface area (Å²) in [5, 5.41) is 9.57. The van der Waals surface area contributed by atoms with Crippen molar-refractivity contribution in [3.05, 3.63) is 17.7 Å². The zero-order valence-corrected chi connectivity index (χ0v) is 14.9. The van der Waals surface area contributed by atoms with E-state index in [9.17, 15) is 19.5 Å². The fraction of sp³-hybridized carbons (Fsp3) is 0.667. The standard InChI is InChI=1S/C18H24N4O4/c1-11-14(20-10-19-11)16(24)21-6-4-18(5-7-21)8-13(17(25)26)22(9-18)15(23)12-2-3-12/h10,12-13H,2-9H2,1H3,(H,19,20)(H,25,26)/t13-/m0/s1. The minimum absolute atomic E-state index is 0.0000662. The monoisotopic (exact) mass is 360 g/mol. The highest BCUT2D eigenvalue weighted by atomic mass is 16.4. The molecule has 2 saturated heterocycles. The second-order valence-corrected chi connectivity index (χ2v) is 7.97. The third-order valence-corrected chi connectivity index (χ3v) is 6.15. The third-order valence-electron chi connectivity index (χ3n) is 6.15. The number of H-pyrrole nitrogens is 1. The van der Waals surface area contributed by atoms with Crippen LogP contribution >= 0.6 is 0 Å². The van der Waals surface area contributed by atoms with Crippen LogP contribution in [0.2, 0.25) is 0 Å². The molecule has 26 heavy (non-hydrogen) atoms. The summed E-state index contributed by atoms with van der Waals surface area (Å²) in [6.45, 7) is 3.47. The largest absolute Gasteiger partial charge is 0.480 e. The lowest BCUT2D eigenvalue weighted by Gasteiger charge is -2.39. The summed E-state index contributed by atoms with van der Waals surface area (Å²) in [7, 11) is 0. The number of likely N-dealkylation sites (tertiary alicyclic amines) is 2. The van der Waals surface area contributed by atoms with Crippen LogP contribution in [0.25, 0.3) is 0 Å². The van der Waals surface area contributed by atoms with Gasteiger partial charge in [-0.15, -0.1) is 0 Å². The molecule has 8 nitrogen and oxygen atoms in total. The summed E-state index contributed by atoms with van der Waals surface area (Å²) >= 11 is 0. The van der Waals surface area contributed by atoms with Gasteiger partial charge in [0.1, 0.15) is 11.7 Å². The Hall–Kier alpha value is -2.38. The fourth-order valence-electron chi connectivity index (χ4n) is 4.34. The molecule has 0 radical (unpaired) electrons. The number of aliphatic carboxylic acids is 1. The maximum Gasteiger partial charge on any atom is 0.326 e. The second-order valence-electron chi connectivity index (χ2n) is 7.97. The minimum atomic E-state index is -0.915. The molecule has 1 aromatic heterocycles. The molecule has 3 aliphatic rings. The first kappa shape index (κ1) is 17.1. The van der Waals surface area contributed by atoms with Gasteiger partial charge in [0.25, 0.3) is 5.91 Å². The molecule has 1 atom stereocenters. The lowest BCUT2D eigenvalue weighted by Crippen LogP contribution is -2.45. The number of imidazole rings is 1. The third kappa shape index (κ3) is 2.87. The average molecular weight is 360 g/mol. The van der Waals surface area contributed by atoms with E-state index < -0.39 is 12.0 Å². The molecule has 1 spiro atoms. The van der Waals surface area contributed by atoms with Gasteiger partial charge in [-0.1, -0.05) is 0 Å².